The van der Waals surface area contributed by atoms with E-state index in [9.17, 15) is 14.9 Å². The number of non-ortho nitro benzene ring substituents is 1. The molecular weight excluding hydrogens is 328 g/mol. The quantitative estimate of drug-likeness (QED) is 0.198. The summed E-state index contributed by atoms with van der Waals surface area (Å²) in [6.45, 7) is 3.65. The maximum Gasteiger partial charge on any atom is 0.365 e. The van der Waals surface area contributed by atoms with Gasteiger partial charge in [-0.05, 0) is 12.1 Å². The summed E-state index contributed by atoms with van der Waals surface area (Å²) in [5, 5.41) is 15.1. The van der Waals surface area contributed by atoms with Gasteiger partial charge in [0.15, 0.2) is 0 Å². The zero-order valence-electron chi connectivity index (χ0n) is 12.6. The molecule has 2 rings (SSSR count). The minimum Gasteiger partial charge on any atom is -0.312 e. The molecule has 0 saturated carbocycles. The summed E-state index contributed by atoms with van der Waals surface area (Å²) in [5.41, 5.74) is 0.910. The predicted octanol–water partition coefficient (Wildman–Crippen LogP) is 4.03. The second-order valence-electron chi connectivity index (χ2n) is 4.54. The molecule has 0 amide bonds. The van der Waals surface area contributed by atoms with E-state index in [1.807, 2.05) is 30.3 Å². The first-order valence-electron chi connectivity index (χ1n) is 6.94. The monoisotopic (exact) mass is 342 g/mol. The van der Waals surface area contributed by atoms with Crippen LogP contribution in [0.1, 0.15) is 15.9 Å². The number of nitro benzene ring substituents is 1. The molecule has 0 heterocycles. The molecular formula is C17H14N2O4S. The van der Waals surface area contributed by atoms with E-state index in [1.165, 1.54) is 36.0 Å². The molecule has 0 unspecified atom stereocenters. The Morgan fingerprint density at radius 1 is 1.17 bits per heavy atom. The third-order valence-corrected chi connectivity index (χ3v) is 3.87. The van der Waals surface area contributed by atoms with Gasteiger partial charge in [0.25, 0.3) is 5.69 Å². The molecule has 2 aromatic rings. The van der Waals surface area contributed by atoms with E-state index in [0.29, 0.717) is 10.8 Å². The zero-order chi connectivity index (χ0) is 17.4. The van der Waals surface area contributed by atoms with Gasteiger partial charge in [-0.3, -0.25) is 10.1 Å². The molecule has 2 aromatic carbocycles. The van der Waals surface area contributed by atoms with Gasteiger partial charge in [-0.25, -0.2) is 4.79 Å². The topological polar surface area (TPSA) is 81.8 Å². The Morgan fingerprint density at radius 3 is 2.42 bits per heavy atom. The first-order valence-corrected chi connectivity index (χ1v) is 7.93. The largest absolute Gasteiger partial charge is 0.365 e. The fraction of sp³-hybridized carbons (Fsp3) is 0.0588. The second kappa shape index (κ2) is 8.64. The Morgan fingerprint density at radius 2 is 1.83 bits per heavy atom. The Balaban J connectivity index is 2.13. The summed E-state index contributed by atoms with van der Waals surface area (Å²) in [6.07, 6.45) is 1.72. The van der Waals surface area contributed by atoms with Crippen LogP contribution >= 0.6 is 11.8 Å². The van der Waals surface area contributed by atoms with Gasteiger partial charge in [0, 0.05) is 23.4 Å². The maximum absolute atomic E-state index is 12.0. The standard InChI is InChI=1S/C17H14N2O4S/c1-2-12-24-16(13-6-4-3-5-7-13)18-23-17(20)14-8-10-15(11-9-14)19(21)22/h2-11H,1,12H2/b18-16-. The summed E-state index contributed by atoms with van der Waals surface area (Å²) >= 11 is 1.38. The smallest absolute Gasteiger partial charge is 0.312 e. The SMILES string of the molecule is C=CCS/C(=N\OC(=O)c1ccc([N+](=O)[O-])cc1)c1ccccc1. The van der Waals surface area contributed by atoms with Crippen LogP contribution in [-0.4, -0.2) is 21.7 Å². The molecule has 0 radical (unpaired) electrons. The Hall–Kier alpha value is -2.93. The highest BCUT2D eigenvalue weighted by atomic mass is 32.2. The number of benzene rings is 2. The molecule has 0 aliphatic carbocycles. The van der Waals surface area contributed by atoms with Crippen molar-refractivity contribution in [2.24, 2.45) is 5.16 Å². The van der Waals surface area contributed by atoms with E-state index in [2.05, 4.69) is 11.7 Å². The lowest BCUT2D eigenvalue weighted by atomic mass is 10.2. The average Bonchev–Trinajstić information content (AvgIpc) is 2.62. The number of oxime groups is 1. The highest BCUT2D eigenvalue weighted by Crippen LogP contribution is 2.16. The van der Waals surface area contributed by atoms with Crippen LogP contribution in [0.5, 0.6) is 0 Å². The number of hydrogen-bond acceptors (Lipinski definition) is 6. The molecule has 0 aliphatic heterocycles. The van der Waals surface area contributed by atoms with Crippen molar-refractivity contribution in [3.05, 3.63) is 88.5 Å². The molecule has 0 spiro atoms. The van der Waals surface area contributed by atoms with Crippen molar-refractivity contribution >= 4 is 28.5 Å². The lowest BCUT2D eigenvalue weighted by molar-refractivity contribution is -0.384. The van der Waals surface area contributed by atoms with E-state index in [1.54, 1.807) is 6.08 Å². The van der Waals surface area contributed by atoms with Crippen LogP contribution in [0.25, 0.3) is 0 Å². The third kappa shape index (κ3) is 4.79. The van der Waals surface area contributed by atoms with Crippen molar-refractivity contribution in [1.82, 2.24) is 0 Å². The van der Waals surface area contributed by atoms with Crippen molar-refractivity contribution in [1.29, 1.82) is 0 Å². The first kappa shape index (κ1) is 17.4. The molecule has 0 saturated heterocycles. The highest BCUT2D eigenvalue weighted by Gasteiger charge is 2.12. The summed E-state index contributed by atoms with van der Waals surface area (Å²) < 4.78 is 0. The van der Waals surface area contributed by atoms with Gasteiger partial charge in [-0.15, -0.1) is 6.58 Å². The van der Waals surface area contributed by atoms with Crippen molar-refractivity contribution in [3.8, 4) is 0 Å². The lowest BCUT2D eigenvalue weighted by Gasteiger charge is -2.04. The number of thioether (sulfide) groups is 1. The number of carbonyl (C=O) groups is 1. The van der Waals surface area contributed by atoms with Gasteiger partial charge in [-0.1, -0.05) is 53.3 Å². The minimum absolute atomic E-state index is 0.0958. The van der Waals surface area contributed by atoms with E-state index in [4.69, 9.17) is 4.84 Å². The normalized spacial score (nSPS) is 10.9. The second-order valence-corrected chi connectivity index (χ2v) is 5.55. The van der Waals surface area contributed by atoms with Crippen LogP contribution < -0.4 is 0 Å². The Bertz CT molecular complexity index is 758. The summed E-state index contributed by atoms with van der Waals surface area (Å²) in [4.78, 5) is 27.0. The molecule has 0 fully saturated rings. The number of nitro groups is 1. The number of nitrogens with zero attached hydrogens (tertiary/aromatic N) is 2. The fourth-order valence-electron chi connectivity index (χ4n) is 1.74. The number of hydrogen-bond donors (Lipinski definition) is 0. The molecule has 0 bridgehead atoms. The van der Waals surface area contributed by atoms with Crippen LogP contribution in [0.4, 0.5) is 5.69 Å². The van der Waals surface area contributed by atoms with Crippen LogP contribution in [0.3, 0.4) is 0 Å². The minimum atomic E-state index is -0.683. The Labute approximate surface area is 143 Å². The van der Waals surface area contributed by atoms with Crippen molar-refractivity contribution in [3.63, 3.8) is 0 Å². The number of carbonyl (C=O) groups excluding carboxylic acids is 1. The fourth-order valence-corrected chi connectivity index (χ4v) is 2.40. The molecule has 24 heavy (non-hydrogen) atoms. The van der Waals surface area contributed by atoms with Gasteiger partial charge in [-0.2, -0.15) is 0 Å². The van der Waals surface area contributed by atoms with E-state index < -0.39 is 10.9 Å². The highest BCUT2D eigenvalue weighted by molar-refractivity contribution is 8.14. The summed E-state index contributed by atoms with van der Waals surface area (Å²) in [7, 11) is 0. The zero-order valence-corrected chi connectivity index (χ0v) is 13.4. The van der Waals surface area contributed by atoms with Crippen LogP contribution in [0.15, 0.2) is 72.4 Å². The molecule has 0 aromatic heterocycles. The van der Waals surface area contributed by atoms with Gasteiger partial charge in [0.1, 0.15) is 5.04 Å². The average molecular weight is 342 g/mol. The molecule has 7 heteroatoms. The molecule has 0 atom stereocenters. The van der Waals surface area contributed by atoms with Gasteiger partial charge < -0.3 is 4.84 Å². The van der Waals surface area contributed by atoms with Gasteiger partial charge in [0.2, 0.25) is 0 Å². The molecule has 0 N–H and O–H groups in total. The van der Waals surface area contributed by atoms with Crippen molar-refractivity contribution < 1.29 is 14.6 Å². The Kier molecular flexibility index (Phi) is 6.27. The first-order chi connectivity index (χ1) is 11.6. The molecule has 122 valence electrons. The lowest BCUT2D eigenvalue weighted by Crippen LogP contribution is -2.04. The molecule has 6 nitrogen and oxygen atoms in total. The maximum atomic E-state index is 12.0. The van der Waals surface area contributed by atoms with Crippen LogP contribution in [0.2, 0.25) is 0 Å². The third-order valence-electron chi connectivity index (χ3n) is 2.88. The van der Waals surface area contributed by atoms with Gasteiger partial charge >= 0.3 is 5.97 Å². The van der Waals surface area contributed by atoms with E-state index in [0.717, 1.165) is 5.56 Å². The van der Waals surface area contributed by atoms with Crippen LogP contribution in [0, 0.1) is 10.1 Å². The summed E-state index contributed by atoms with van der Waals surface area (Å²) in [5.74, 6) is -0.0689. The van der Waals surface area contributed by atoms with Crippen LogP contribution in [-0.2, 0) is 4.84 Å². The van der Waals surface area contributed by atoms with E-state index in [-0.39, 0.29) is 11.3 Å². The molecule has 0 aliphatic rings. The predicted molar refractivity (Wildman–Crippen MR) is 94.1 cm³/mol. The number of rotatable bonds is 6. The van der Waals surface area contributed by atoms with Crippen molar-refractivity contribution in [2.75, 3.05) is 5.75 Å². The van der Waals surface area contributed by atoms with Crippen molar-refractivity contribution in [2.45, 2.75) is 0 Å². The van der Waals surface area contributed by atoms with Gasteiger partial charge in [0.05, 0.1) is 10.5 Å². The van der Waals surface area contributed by atoms with E-state index >= 15 is 0 Å². The summed E-state index contributed by atoms with van der Waals surface area (Å²) in [6, 6.07) is 14.4.